The third kappa shape index (κ3) is 5.35. The van der Waals surface area contributed by atoms with Crippen LogP contribution in [0.5, 0.6) is 0 Å². The number of carbonyl (C=O) groups excluding carboxylic acids is 2. The molecular weight excluding hydrogens is 330 g/mol. The van der Waals surface area contributed by atoms with E-state index in [1.165, 1.54) is 19.3 Å². The van der Waals surface area contributed by atoms with Crippen LogP contribution < -0.4 is 5.32 Å². The predicted molar refractivity (Wildman–Crippen MR) is 103 cm³/mol. The second-order valence-corrected chi connectivity index (χ2v) is 8.13. The fourth-order valence-electron chi connectivity index (χ4n) is 4.31. The van der Waals surface area contributed by atoms with Gasteiger partial charge >= 0.3 is 6.03 Å². The van der Waals surface area contributed by atoms with Crippen LogP contribution in [0, 0.1) is 11.8 Å². The maximum absolute atomic E-state index is 12.5. The lowest BCUT2D eigenvalue weighted by Crippen LogP contribution is -2.51. The number of aliphatic hydroxyl groups is 1. The molecule has 0 aromatic rings. The molecule has 2 aliphatic rings. The van der Waals surface area contributed by atoms with E-state index < -0.39 is 5.60 Å². The van der Waals surface area contributed by atoms with Crippen molar-refractivity contribution in [1.82, 2.24) is 15.1 Å². The van der Waals surface area contributed by atoms with Gasteiger partial charge in [-0.25, -0.2) is 4.79 Å². The van der Waals surface area contributed by atoms with Gasteiger partial charge in [0.2, 0.25) is 5.91 Å². The highest BCUT2D eigenvalue weighted by atomic mass is 16.3. The smallest absolute Gasteiger partial charge is 0.319 e. The summed E-state index contributed by atoms with van der Waals surface area (Å²) in [6, 6.07) is 0.0779. The number of hydrogen-bond acceptors (Lipinski definition) is 3. The average Bonchev–Trinajstić information content (AvgIpc) is 2.68. The van der Waals surface area contributed by atoms with E-state index in [9.17, 15) is 14.7 Å². The summed E-state index contributed by atoms with van der Waals surface area (Å²) in [7, 11) is 0. The van der Waals surface area contributed by atoms with E-state index in [0.717, 1.165) is 12.8 Å². The highest BCUT2D eigenvalue weighted by Gasteiger charge is 2.34. The number of piperidine rings is 1. The van der Waals surface area contributed by atoms with Crippen molar-refractivity contribution in [2.75, 3.05) is 32.7 Å². The lowest BCUT2D eigenvalue weighted by atomic mass is 9.78. The lowest BCUT2D eigenvalue weighted by Gasteiger charge is -2.37. The van der Waals surface area contributed by atoms with Crippen LogP contribution in [-0.2, 0) is 4.79 Å². The molecule has 1 aliphatic heterocycles. The van der Waals surface area contributed by atoms with Crippen molar-refractivity contribution in [1.29, 1.82) is 0 Å². The maximum Gasteiger partial charge on any atom is 0.319 e. The number of hydrogen-bond donors (Lipinski definition) is 2. The fraction of sp³-hybridized carbons (Fsp3) is 0.900. The van der Waals surface area contributed by atoms with Gasteiger partial charge in [-0.3, -0.25) is 4.79 Å². The summed E-state index contributed by atoms with van der Waals surface area (Å²) in [6.07, 6.45) is 7.10. The summed E-state index contributed by atoms with van der Waals surface area (Å²) in [5.74, 6) is 0.249. The Balaban J connectivity index is 1.76. The van der Waals surface area contributed by atoms with Crippen LogP contribution >= 0.6 is 0 Å². The molecule has 0 bridgehead atoms. The first-order chi connectivity index (χ1) is 12.4. The number of nitrogens with one attached hydrogen (secondary N) is 1. The van der Waals surface area contributed by atoms with E-state index in [-0.39, 0.29) is 23.8 Å². The summed E-state index contributed by atoms with van der Waals surface area (Å²) in [6.45, 7) is 8.85. The first-order valence-electron chi connectivity index (χ1n) is 10.4. The maximum atomic E-state index is 12.5. The zero-order valence-electron chi connectivity index (χ0n) is 16.8. The van der Waals surface area contributed by atoms with Crippen molar-refractivity contribution >= 4 is 11.9 Å². The molecule has 2 N–H and O–H groups in total. The molecule has 6 heteroatoms. The van der Waals surface area contributed by atoms with Crippen LogP contribution in [0.3, 0.4) is 0 Å². The quantitative estimate of drug-likeness (QED) is 0.758. The van der Waals surface area contributed by atoms with E-state index in [4.69, 9.17) is 0 Å². The van der Waals surface area contributed by atoms with Gasteiger partial charge in [0.1, 0.15) is 0 Å². The molecule has 150 valence electrons. The van der Waals surface area contributed by atoms with Crippen molar-refractivity contribution in [3.63, 3.8) is 0 Å². The molecule has 3 amide bonds. The zero-order valence-corrected chi connectivity index (χ0v) is 16.8. The highest BCUT2D eigenvalue weighted by Crippen LogP contribution is 2.32. The van der Waals surface area contributed by atoms with Crippen molar-refractivity contribution in [3.8, 4) is 0 Å². The van der Waals surface area contributed by atoms with E-state index in [1.54, 1.807) is 0 Å². The average molecular weight is 368 g/mol. The van der Waals surface area contributed by atoms with Crippen LogP contribution in [0.1, 0.15) is 65.7 Å². The SMILES string of the molecule is CCN(CC)C(=O)N1CCC(C(=O)NC[C@@](C)(O)C2CCCCC2)CC1. The molecular formula is C20H37N3O3. The molecule has 1 saturated carbocycles. The molecule has 2 fully saturated rings. The molecule has 0 aromatic carbocycles. The number of urea groups is 1. The first kappa shape index (κ1) is 21.0. The Kier molecular flexibility index (Phi) is 7.74. The molecule has 2 rings (SSSR count). The van der Waals surface area contributed by atoms with E-state index in [2.05, 4.69) is 5.32 Å². The van der Waals surface area contributed by atoms with Gasteiger partial charge in [0.15, 0.2) is 0 Å². The molecule has 6 nitrogen and oxygen atoms in total. The monoisotopic (exact) mass is 367 g/mol. The van der Waals surface area contributed by atoms with Crippen LogP contribution in [0.4, 0.5) is 4.79 Å². The normalized spacial score (nSPS) is 21.9. The Morgan fingerprint density at radius 2 is 1.65 bits per heavy atom. The van der Waals surface area contributed by atoms with E-state index in [1.807, 2.05) is 30.6 Å². The number of rotatable bonds is 6. The molecule has 0 radical (unpaired) electrons. The van der Waals surface area contributed by atoms with Crippen LogP contribution in [0.2, 0.25) is 0 Å². The van der Waals surface area contributed by atoms with Gasteiger partial charge < -0.3 is 20.2 Å². The summed E-state index contributed by atoms with van der Waals surface area (Å²) in [5, 5.41) is 13.7. The number of likely N-dealkylation sites (tertiary alicyclic amines) is 1. The topological polar surface area (TPSA) is 72.9 Å². The van der Waals surface area contributed by atoms with Gasteiger partial charge in [-0.15, -0.1) is 0 Å². The summed E-state index contributed by atoms with van der Waals surface area (Å²) >= 11 is 0. The number of nitrogens with zero attached hydrogens (tertiary/aromatic N) is 2. The van der Waals surface area contributed by atoms with Gasteiger partial charge in [0.25, 0.3) is 0 Å². The molecule has 0 spiro atoms. The second kappa shape index (κ2) is 9.58. The summed E-state index contributed by atoms with van der Waals surface area (Å²) < 4.78 is 0. The number of carbonyl (C=O) groups is 2. The number of amides is 3. The standard InChI is InChI=1S/C20H37N3O3/c1-4-22(5-2)19(25)23-13-11-16(12-14-23)18(24)21-15-20(3,26)17-9-7-6-8-10-17/h16-17,26H,4-15H2,1-3H3,(H,21,24)/t20-/m1/s1. The third-order valence-electron chi connectivity index (χ3n) is 6.28. The molecule has 26 heavy (non-hydrogen) atoms. The highest BCUT2D eigenvalue weighted by molar-refractivity contribution is 5.79. The molecule has 0 aromatic heterocycles. The van der Waals surface area contributed by atoms with E-state index >= 15 is 0 Å². The largest absolute Gasteiger partial charge is 0.388 e. The second-order valence-electron chi connectivity index (χ2n) is 8.13. The first-order valence-corrected chi connectivity index (χ1v) is 10.4. The Morgan fingerprint density at radius 3 is 2.19 bits per heavy atom. The molecule has 1 heterocycles. The minimum Gasteiger partial charge on any atom is -0.388 e. The Hall–Kier alpha value is -1.30. The van der Waals surface area contributed by atoms with Crippen LogP contribution in [0.25, 0.3) is 0 Å². The summed E-state index contributed by atoms with van der Waals surface area (Å²) in [5.41, 5.74) is -0.824. The minimum atomic E-state index is -0.824. The van der Waals surface area contributed by atoms with Gasteiger partial charge in [-0.1, -0.05) is 19.3 Å². The van der Waals surface area contributed by atoms with Gasteiger partial charge in [-0.2, -0.15) is 0 Å². The van der Waals surface area contributed by atoms with Gasteiger partial charge in [-0.05, 0) is 52.4 Å². The Morgan fingerprint density at radius 1 is 1.08 bits per heavy atom. The molecule has 0 unspecified atom stereocenters. The molecule has 1 aliphatic carbocycles. The van der Waals surface area contributed by atoms with Crippen molar-refractivity contribution in [2.24, 2.45) is 11.8 Å². The fourth-order valence-corrected chi connectivity index (χ4v) is 4.31. The summed E-state index contributed by atoms with van der Waals surface area (Å²) in [4.78, 5) is 28.6. The molecule has 1 atom stereocenters. The van der Waals surface area contributed by atoms with Gasteiger partial charge in [0, 0.05) is 38.6 Å². The minimum absolute atomic E-state index is 0.0241. The Labute approximate surface area is 158 Å². The van der Waals surface area contributed by atoms with Crippen LogP contribution in [0.15, 0.2) is 0 Å². The van der Waals surface area contributed by atoms with Crippen molar-refractivity contribution < 1.29 is 14.7 Å². The Bertz CT molecular complexity index is 463. The van der Waals surface area contributed by atoms with Gasteiger partial charge in [0.05, 0.1) is 5.60 Å². The van der Waals surface area contributed by atoms with Crippen molar-refractivity contribution in [3.05, 3.63) is 0 Å². The third-order valence-corrected chi connectivity index (χ3v) is 6.28. The van der Waals surface area contributed by atoms with Crippen LogP contribution in [-0.4, -0.2) is 65.2 Å². The lowest BCUT2D eigenvalue weighted by molar-refractivity contribution is -0.128. The van der Waals surface area contributed by atoms with Crippen molar-refractivity contribution in [2.45, 2.75) is 71.3 Å². The predicted octanol–water partition coefficient (Wildman–Crippen LogP) is 2.61. The molecule has 1 saturated heterocycles. The zero-order chi connectivity index (χ0) is 19.2. The van der Waals surface area contributed by atoms with E-state index in [0.29, 0.717) is 45.6 Å².